The molecule has 1 atom stereocenters. The van der Waals surface area contributed by atoms with Crippen LogP contribution in [-0.4, -0.2) is 21.4 Å². The summed E-state index contributed by atoms with van der Waals surface area (Å²) in [5.41, 5.74) is 1.29. The molecule has 25 heavy (non-hydrogen) atoms. The van der Waals surface area contributed by atoms with Crippen LogP contribution in [0.25, 0.3) is 0 Å². The van der Waals surface area contributed by atoms with Crippen LogP contribution in [0.4, 0.5) is 4.39 Å². The number of aryl methyl sites for hydroxylation is 1. The lowest BCUT2D eigenvalue weighted by Gasteiger charge is -2.15. The molecule has 0 saturated heterocycles. The third-order valence-corrected chi connectivity index (χ3v) is 5.32. The molecule has 2 rings (SSSR count). The fraction of sp³-hybridized carbons (Fsp3) is 0.278. The minimum Gasteiger partial charge on any atom is -0.349 e. The van der Waals surface area contributed by atoms with E-state index in [0.29, 0.717) is 12.0 Å². The monoisotopic (exact) mass is 364 g/mol. The van der Waals surface area contributed by atoms with Gasteiger partial charge in [0, 0.05) is 12.0 Å². The number of hydrogen-bond donors (Lipinski definition) is 2. The summed E-state index contributed by atoms with van der Waals surface area (Å²) in [5, 5.41) is 2.77. The van der Waals surface area contributed by atoms with Crippen LogP contribution < -0.4 is 10.0 Å². The Hall–Kier alpha value is -2.25. The zero-order valence-electron chi connectivity index (χ0n) is 14.1. The van der Waals surface area contributed by atoms with Crippen LogP contribution in [0.1, 0.15) is 30.5 Å². The molecular weight excluding hydrogens is 343 g/mol. The van der Waals surface area contributed by atoms with Crippen LogP contribution in [0.3, 0.4) is 0 Å². The van der Waals surface area contributed by atoms with Gasteiger partial charge in [-0.1, -0.05) is 30.3 Å². The molecule has 7 heteroatoms. The quantitative estimate of drug-likeness (QED) is 0.793. The summed E-state index contributed by atoms with van der Waals surface area (Å²) >= 11 is 0. The van der Waals surface area contributed by atoms with Crippen LogP contribution >= 0.6 is 0 Å². The van der Waals surface area contributed by atoms with Gasteiger partial charge in [0.25, 0.3) is 0 Å². The van der Waals surface area contributed by atoms with E-state index in [9.17, 15) is 17.6 Å². The van der Waals surface area contributed by atoms with Crippen molar-refractivity contribution in [2.45, 2.75) is 30.7 Å². The van der Waals surface area contributed by atoms with E-state index < -0.39 is 16.1 Å². The van der Waals surface area contributed by atoms with E-state index >= 15 is 0 Å². The van der Waals surface area contributed by atoms with Crippen LogP contribution in [-0.2, 0) is 21.2 Å². The van der Waals surface area contributed by atoms with Crippen LogP contribution in [0.15, 0.2) is 53.4 Å². The molecule has 134 valence electrons. The van der Waals surface area contributed by atoms with Crippen molar-refractivity contribution < 1.29 is 17.6 Å². The van der Waals surface area contributed by atoms with Gasteiger partial charge in [-0.2, -0.15) is 0 Å². The first-order valence-corrected chi connectivity index (χ1v) is 9.38. The van der Waals surface area contributed by atoms with Gasteiger partial charge in [-0.3, -0.25) is 4.79 Å². The zero-order valence-corrected chi connectivity index (χ0v) is 14.9. The van der Waals surface area contributed by atoms with E-state index in [2.05, 4.69) is 10.0 Å². The summed E-state index contributed by atoms with van der Waals surface area (Å²) in [5.74, 6) is -0.542. The fourth-order valence-electron chi connectivity index (χ4n) is 2.43. The van der Waals surface area contributed by atoms with Crippen molar-refractivity contribution in [3.63, 3.8) is 0 Å². The highest BCUT2D eigenvalue weighted by molar-refractivity contribution is 7.89. The van der Waals surface area contributed by atoms with Crippen molar-refractivity contribution in [2.24, 2.45) is 0 Å². The molecule has 0 unspecified atom stereocenters. The Morgan fingerprint density at radius 1 is 1.12 bits per heavy atom. The second-order valence-corrected chi connectivity index (χ2v) is 7.55. The van der Waals surface area contributed by atoms with Crippen molar-refractivity contribution in [3.05, 3.63) is 65.5 Å². The molecule has 0 radical (unpaired) electrons. The minimum atomic E-state index is -3.46. The highest BCUT2D eigenvalue weighted by Crippen LogP contribution is 2.16. The molecule has 0 heterocycles. The molecule has 0 aliphatic heterocycles. The van der Waals surface area contributed by atoms with Crippen molar-refractivity contribution in [3.8, 4) is 0 Å². The average Bonchev–Trinajstić information content (AvgIpc) is 2.60. The number of nitrogens with one attached hydrogen (secondary N) is 2. The Morgan fingerprint density at radius 2 is 1.76 bits per heavy atom. The molecule has 0 spiro atoms. The summed E-state index contributed by atoms with van der Waals surface area (Å²) in [6, 6.07) is 12.3. The van der Waals surface area contributed by atoms with Crippen molar-refractivity contribution in [1.82, 2.24) is 10.0 Å². The van der Waals surface area contributed by atoms with Gasteiger partial charge < -0.3 is 5.32 Å². The highest BCUT2D eigenvalue weighted by Gasteiger charge is 2.14. The summed E-state index contributed by atoms with van der Waals surface area (Å²) < 4.78 is 39.3. The Balaban J connectivity index is 1.91. The van der Waals surface area contributed by atoms with E-state index in [4.69, 9.17) is 0 Å². The van der Waals surface area contributed by atoms with Gasteiger partial charge in [-0.05, 0) is 44.2 Å². The standard InChI is InChI=1S/C18H21FN2O3S/c1-13(16-5-3-4-6-17(16)19)21-18(22)12-9-14-7-10-15(11-8-14)25(23,24)20-2/h3-8,10-11,13,20H,9,12H2,1-2H3,(H,21,22)/t13-/m0/s1. The Bertz CT molecular complexity index is 836. The molecule has 0 saturated carbocycles. The Labute approximate surface area is 147 Å². The third kappa shape index (κ3) is 5.11. The van der Waals surface area contributed by atoms with Gasteiger partial charge in [0.05, 0.1) is 10.9 Å². The second kappa shape index (κ2) is 8.22. The van der Waals surface area contributed by atoms with E-state index in [0.717, 1.165) is 5.56 Å². The van der Waals surface area contributed by atoms with E-state index in [1.54, 1.807) is 37.3 Å². The van der Waals surface area contributed by atoms with Gasteiger partial charge in [0.2, 0.25) is 15.9 Å². The van der Waals surface area contributed by atoms with E-state index in [1.165, 1.54) is 25.2 Å². The molecular formula is C18H21FN2O3S. The molecule has 0 aliphatic rings. The lowest BCUT2D eigenvalue weighted by molar-refractivity contribution is -0.121. The zero-order chi connectivity index (χ0) is 18.4. The third-order valence-electron chi connectivity index (χ3n) is 3.89. The van der Waals surface area contributed by atoms with Crippen molar-refractivity contribution in [1.29, 1.82) is 0 Å². The molecule has 0 aromatic heterocycles. The molecule has 0 fully saturated rings. The first-order chi connectivity index (χ1) is 11.8. The van der Waals surface area contributed by atoms with E-state index in [1.807, 2.05) is 0 Å². The topological polar surface area (TPSA) is 75.3 Å². The maximum atomic E-state index is 13.7. The number of carbonyl (C=O) groups is 1. The first kappa shape index (κ1) is 19.1. The van der Waals surface area contributed by atoms with Gasteiger partial charge in [0.1, 0.15) is 5.82 Å². The second-order valence-electron chi connectivity index (χ2n) is 5.66. The smallest absolute Gasteiger partial charge is 0.240 e. The minimum absolute atomic E-state index is 0.177. The van der Waals surface area contributed by atoms with Crippen LogP contribution in [0.2, 0.25) is 0 Å². The predicted octanol–water partition coefficient (Wildman–Crippen LogP) is 2.54. The summed E-state index contributed by atoms with van der Waals surface area (Å²) in [7, 11) is -2.11. The van der Waals surface area contributed by atoms with Crippen LogP contribution in [0.5, 0.6) is 0 Å². The van der Waals surface area contributed by atoms with Crippen molar-refractivity contribution >= 4 is 15.9 Å². The fourth-order valence-corrected chi connectivity index (χ4v) is 3.16. The number of carbonyl (C=O) groups excluding carboxylic acids is 1. The number of hydrogen-bond acceptors (Lipinski definition) is 3. The molecule has 0 aliphatic carbocycles. The number of amides is 1. The number of rotatable bonds is 7. The van der Waals surface area contributed by atoms with Gasteiger partial charge >= 0.3 is 0 Å². The molecule has 2 N–H and O–H groups in total. The van der Waals surface area contributed by atoms with Crippen molar-refractivity contribution in [2.75, 3.05) is 7.05 Å². The number of sulfonamides is 1. The maximum Gasteiger partial charge on any atom is 0.240 e. The van der Waals surface area contributed by atoms with Crippen LogP contribution in [0, 0.1) is 5.82 Å². The molecule has 2 aromatic rings. The summed E-state index contributed by atoms with van der Waals surface area (Å²) in [6.07, 6.45) is 0.701. The molecule has 1 amide bonds. The Morgan fingerprint density at radius 3 is 2.36 bits per heavy atom. The van der Waals surface area contributed by atoms with Gasteiger partial charge in [-0.15, -0.1) is 0 Å². The average molecular weight is 364 g/mol. The molecule has 0 bridgehead atoms. The number of benzene rings is 2. The molecule has 2 aromatic carbocycles. The molecule has 5 nitrogen and oxygen atoms in total. The highest BCUT2D eigenvalue weighted by atomic mass is 32.2. The largest absolute Gasteiger partial charge is 0.349 e. The maximum absolute atomic E-state index is 13.7. The normalized spacial score (nSPS) is 12.6. The first-order valence-electron chi connectivity index (χ1n) is 7.90. The van der Waals surface area contributed by atoms with Gasteiger partial charge in [0.15, 0.2) is 0 Å². The predicted molar refractivity (Wildman–Crippen MR) is 94.0 cm³/mol. The van der Waals surface area contributed by atoms with E-state index in [-0.39, 0.29) is 23.0 Å². The lowest BCUT2D eigenvalue weighted by Crippen LogP contribution is -2.27. The van der Waals surface area contributed by atoms with Gasteiger partial charge in [-0.25, -0.2) is 17.5 Å². The SMILES string of the molecule is CNS(=O)(=O)c1ccc(CCC(=O)N[C@@H](C)c2ccccc2F)cc1. The summed E-state index contributed by atoms with van der Waals surface area (Å²) in [6.45, 7) is 1.73. The Kier molecular flexibility index (Phi) is 6.27. The number of halogens is 1. The lowest BCUT2D eigenvalue weighted by atomic mass is 10.1. The summed E-state index contributed by atoms with van der Waals surface area (Å²) in [4.78, 5) is 12.2.